The van der Waals surface area contributed by atoms with Gasteiger partial charge in [0.05, 0.1) is 16.4 Å². The summed E-state index contributed by atoms with van der Waals surface area (Å²) in [5, 5.41) is 30.7. The van der Waals surface area contributed by atoms with E-state index in [9.17, 15) is 28.2 Å². The van der Waals surface area contributed by atoms with Gasteiger partial charge in [-0.25, -0.2) is 13.2 Å². The molecule has 1 N–H and O–H groups in total. The summed E-state index contributed by atoms with van der Waals surface area (Å²) in [4.78, 5) is 20.6. The number of hydrogen-bond donors (Lipinski definition) is 1. The lowest BCUT2D eigenvalue weighted by atomic mass is 10.1. The number of carboxylic acids is 2. The molecule has 0 fully saturated rings. The fraction of sp³-hybridized carbons (Fsp3) is 0.111. The molecule has 0 aliphatic rings. The number of carbonyl (C=O) groups excluding carboxylic acids is 1. The standard InChI is InChI=1S/C9H8O7S/c1-17(15,16)5-3-2-4(8(11)12)7(10)6(5)9(13)14/h2-3,10H,1H3,(H,11,12)(H,13,14)/p-2. The lowest BCUT2D eigenvalue weighted by molar-refractivity contribution is -0.276. The first kappa shape index (κ1) is 13.0. The van der Waals surface area contributed by atoms with Gasteiger partial charge < -0.3 is 20.1 Å². The van der Waals surface area contributed by atoms with Gasteiger partial charge in [0.2, 0.25) is 0 Å². The van der Waals surface area contributed by atoms with Gasteiger partial charge in [-0.1, -0.05) is 11.8 Å². The van der Waals surface area contributed by atoms with Crippen molar-refractivity contribution in [1.29, 1.82) is 0 Å². The minimum atomic E-state index is -3.94. The minimum Gasteiger partial charge on any atom is -0.871 e. The lowest BCUT2D eigenvalue weighted by Crippen LogP contribution is -2.25. The predicted molar refractivity (Wildman–Crippen MR) is 50.3 cm³/mol. The van der Waals surface area contributed by atoms with Crippen LogP contribution >= 0.6 is 0 Å². The van der Waals surface area contributed by atoms with Gasteiger partial charge in [-0.2, -0.15) is 0 Å². The highest BCUT2D eigenvalue weighted by Gasteiger charge is 2.20. The maximum atomic E-state index is 11.5. The monoisotopic (exact) mass is 258 g/mol. The Hall–Kier alpha value is -2.09. The van der Waals surface area contributed by atoms with Gasteiger partial charge in [0, 0.05) is 6.26 Å². The Morgan fingerprint density at radius 3 is 2.18 bits per heavy atom. The molecule has 1 aromatic carbocycles. The maximum absolute atomic E-state index is 11.5. The zero-order chi connectivity index (χ0) is 13.4. The Morgan fingerprint density at radius 1 is 1.29 bits per heavy atom. The van der Waals surface area contributed by atoms with E-state index in [0.29, 0.717) is 12.3 Å². The van der Waals surface area contributed by atoms with Crippen LogP contribution in [0.1, 0.15) is 20.7 Å². The minimum absolute atomic E-state index is 0.709. The van der Waals surface area contributed by atoms with Crippen molar-refractivity contribution in [3.05, 3.63) is 23.3 Å². The van der Waals surface area contributed by atoms with Crippen LogP contribution in [0.3, 0.4) is 0 Å². The average molecular weight is 258 g/mol. The molecule has 0 saturated carbocycles. The van der Waals surface area contributed by atoms with Gasteiger partial charge in [0.25, 0.3) is 0 Å². The van der Waals surface area contributed by atoms with Gasteiger partial charge >= 0.3 is 5.97 Å². The molecule has 0 amide bonds. The Labute approximate surface area is 95.9 Å². The summed E-state index contributed by atoms with van der Waals surface area (Å²) in [5.74, 6) is -5.06. The zero-order valence-corrected chi connectivity index (χ0v) is 9.28. The highest BCUT2D eigenvalue weighted by Crippen LogP contribution is 2.26. The number of carboxylic acid groups (broad SMARTS) is 2. The highest BCUT2D eigenvalue weighted by atomic mass is 32.2. The largest absolute Gasteiger partial charge is 0.871 e. The summed E-state index contributed by atoms with van der Waals surface area (Å²) in [6.45, 7) is 0. The number of rotatable bonds is 3. The highest BCUT2D eigenvalue weighted by molar-refractivity contribution is 7.90. The number of aromatic carboxylic acids is 2. The van der Waals surface area contributed by atoms with E-state index in [1.165, 1.54) is 0 Å². The van der Waals surface area contributed by atoms with Crippen LogP contribution in [-0.4, -0.2) is 31.7 Å². The Bertz CT molecular complexity index is 600. The molecule has 0 aliphatic carbocycles. The number of carbonyl (C=O) groups is 2. The molecular weight excluding hydrogens is 252 g/mol. The van der Waals surface area contributed by atoms with E-state index in [1.807, 2.05) is 0 Å². The van der Waals surface area contributed by atoms with Crippen molar-refractivity contribution in [3.8, 4) is 5.75 Å². The third kappa shape index (κ3) is 2.36. The number of sulfone groups is 1. The summed E-state index contributed by atoms with van der Waals surface area (Å²) >= 11 is 0. The Morgan fingerprint density at radius 2 is 1.82 bits per heavy atom. The molecule has 8 heteroatoms. The van der Waals surface area contributed by atoms with Gasteiger partial charge in [0.1, 0.15) is 0 Å². The van der Waals surface area contributed by atoms with Crippen molar-refractivity contribution in [1.82, 2.24) is 0 Å². The van der Waals surface area contributed by atoms with Crippen molar-refractivity contribution >= 4 is 21.8 Å². The smallest absolute Gasteiger partial charge is 0.336 e. The zero-order valence-electron chi connectivity index (χ0n) is 8.46. The predicted octanol–water partition coefficient (Wildman–Crippen LogP) is -1.77. The average Bonchev–Trinajstić information content (AvgIpc) is 2.14. The maximum Gasteiger partial charge on any atom is 0.336 e. The molecule has 0 atom stereocenters. The molecule has 92 valence electrons. The van der Waals surface area contributed by atoms with Gasteiger partial charge in [-0.3, -0.25) is 0 Å². The van der Waals surface area contributed by atoms with E-state index in [2.05, 4.69) is 0 Å². The molecular formula is C9H6O7S-2. The van der Waals surface area contributed by atoms with E-state index in [0.717, 1.165) is 6.07 Å². The summed E-state index contributed by atoms with van der Waals surface area (Å²) in [5.41, 5.74) is -1.98. The second kappa shape index (κ2) is 4.06. The molecule has 1 rings (SSSR count). The fourth-order valence-electron chi connectivity index (χ4n) is 1.24. The molecule has 0 aromatic heterocycles. The van der Waals surface area contributed by atoms with Crippen LogP contribution in [0.4, 0.5) is 0 Å². The summed E-state index contributed by atoms with van der Waals surface area (Å²) < 4.78 is 22.5. The van der Waals surface area contributed by atoms with Crippen molar-refractivity contribution in [2.75, 3.05) is 6.26 Å². The van der Waals surface area contributed by atoms with Crippen LogP contribution in [0.2, 0.25) is 0 Å². The van der Waals surface area contributed by atoms with Gasteiger partial charge in [0.15, 0.2) is 9.84 Å². The van der Waals surface area contributed by atoms with Gasteiger partial charge in [-0.15, -0.1) is 0 Å². The van der Waals surface area contributed by atoms with Crippen LogP contribution in [0.25, 0.3) is 0 Å². The molecule has 0 radical (unpaired) electrons. The first-order valence-electron chi connectivity index (χ1n) is 4.15. The third-order valence-electron chi connectivity index (χ3n) is 1.95. The summed E-state index contributed by atoms with van der Waals surface area (Å²) in [6, 6.07) is 1.46. The molecule has 0 bridgehead atoms. The van der Waals surface area contributed by atoms with Crippen LogP contribution in [-0.2, 0) is 9.84 Å². The van der Waals surface area contributed by atoms with E-state index >= 15 is 0 Å². The first-order valence-corrected chi connectivity index (χ1v) is 6.04. The molecule has 0 unspecified atom stereocenters. The van der Waals surface area contributed by atoms with Crippen molar-refractivity contribution in [2.24, 2.45) is 0 Å². The Kier molecular flexibility index (Phi) is 3.10. The fourth-order valence-corrected chi connectivity index (χ4v) is 2.10. The molecule has 7 nitrogen and oxygen atoms in total. The number of benzene rings is 1. The quantitative estimate of drug-likeness (QED) is 0.677. The van der Waals surface area contributed by atoms with Crippen LogP contribution in [0.5, 0.6) is 5.75 Å². The van der Waals surface area contributed by atoms with Crippen molar-refractivity contribution < 1.29 is 33.3 Å². The number of hydrogen-bond acceptors (Lipinski definition) is 6. The normalized spacial score (nSPS) is 11.1. The SMILES string of the molecule is CS(=O)(=O)c1ccc(C(=O)[O-])c([O-])c1C(=O)O. The lowest BCUT2D eigenvalue weighted by Gasteiger charge is -2.19. The van der Waals surface area contributed by atoms with Crippen LogP contribution < -0.4 is 10.2 Å². The second-order valence-corrected chi connectivity index (χ2v) is 5.16. The molecule has 0 heterocycles. The van der Waals surface area contributed by atoms with Gasteiger partial charge in [-0.05, 0) is 11.6 Å². The first-order chi connectivity index (χ1) is 7.66. The summed E-state index contributed by atoms with van der Waals surface area (Å²) in [7, 11) is -3.94. The molecule has 1 aromatic rings. The molecule has 0 spiro atoms. The van der Waals surface area contributed by atoms with E-state index in [1.54, 1.807) is 0 Å². The molecule has 0 aliphatic heterocycles. The van der Waals surface area contributed by atoms with E-state index in [-0.39, 0.29) is 0 Å². The van der Waals surface area contributed by atoms with E-state index in [4.69, 9.17) is 5.11 Å². The second-order valence-electron chi connectivity index (χ2n) is 3.18. The molecule has 0 saturated heterocycles. The van der Waals surface area contributed by atoms with Crippen LogP contribution in [0, 0.1) is 0 Å². The molecule has 17 heavy (non-hydrogen) atoms. The van der Waals surface area contributed by atoms with E-state index < -0.39 is 43.5 Å². The summed E-state index contributed by atoms with van der Waals surface area (Å²) in [6.07, 6.45) is 0.715. The van der Waals surface area contributed by atoms with Crippen molar-refractivity contribution in [2.45, 2.75) is 4.90 Å². The Balaban J connectivity index is 3.75. The topological polar surface area (TPSA) is 135 Å². The van der Waals surface area contributed by atoms with Crippen LogP contribution in [0.15, 0.2) is 17.0 Å². The van der Waals surface area contributed by atoms with Crippen molar-refractivity contribution in [3.63, 3.8) is 0 Å². The third-order valence-corrected chi connectivity index (χ3v) is 3.09.